The minimum absolute atomic E-state index is 0.158. The van der Waals surface area contributed by atoms with Gasteiger partial charge in [0.05, 0.1) is 6.61 Å². The van der Waals surface area contributed by atoms with Crippen LogP contribution in [-0.2, 0) is 19.2 Å². The van der Waals surface area contributed by atoms with Crippen LogP contribution in [0.15, 0.2) is 0 Å². The lowest BCUT2D eigenvalue weighted by atomic mass is 10.1. The number of urea groups is 1. The number of hydrogen-bond donors (Lipinski definition) is 10. The van der Waals surface area contributed by atoms with E-state index in [9.17, 15) is 24.0 Å². The average Bonchev–Trinajstić information content (AvgIpc) is 2.69. The number of aliphatic hydroxyl groups is 1. The molecular weight excluding hydrogens is 420 g/mol. The van der Waals surface area contributed by atoms with Crippen molar-refractivity contribution in [1.82, 2.24) is 10.6 Å². The molecule has 0 aliphatic heterocycles. The summed E-state index contributed by atoms with van der Waals surface area (Å²) in [6, 6.07) is -3.54. The molecular formula is C16H34N6O9. The number of nitrogens with two attached hydrogens (primary N) is 4. The number of nitrogens with one attached hydrogen (secondary N) is 2. The van der Waals surface area contributed by atoms with Crippen molar-refractivity contribution in [2.24, 2.45) is 22.9 Å². The maximum atomic E-state index is 10.8. The van der Waals surface area contributed by atoms with E-state index >= 15 is 0 Å². The Bertz CT molecular complexity index is 562. The summed E-state index contributed by atoms with van der Waals surface area (Å²) in [4.78, 5) is 51.0. The molecule has 0 aromatic heterocycles. The Kier molecular flexibility index (Phi) is 21.3. The van der Waals surface area contributed by atoms with Gasteiger partial charge in [-0.25, -0.2) is 4.79 Å². The molecule has 0 heterocycles. The molecule has 15 heteroatoms. The second-order valence-electron chi connectivity index (χ2n) is 5.94. The van der Waals surface area contributed by atoms with Gasteiger partial charge in [-0.05, 0) is 26.2 Å². The van der Waals surface area contributed by atoms with Crippen molar-refractivity contribution in [2.75, 3.05) is 19.7 Å². The van der Waals surface area contributed by atoms with E-state index in [4.69, 9.17) is 43.4 Å². The number of carboxylic acids is 3. The molecule has 0 bridgehead atoms. The van der Waals surface area contributed by atoms with E-state index in [-0.39, 0.29) is 18.7 Å². The molecule has 3 atom stereocenters. The molecule has 0 saturated heterocycles. The quantitative estimate of drug-likeness (QED) is 0.129. The molecule has 0 radical (unpaired) electrons. The number of carboxylic acid groups (broad SMARTS) is 3. The summed E-state index contributed by atoms with van der Waals surface area (Å²) in [7, 11) is 0. The minimum atomic E-state index is -1.18. The van der Waals surface area contributed by atoms with Crippen LogP contribution < -0.4 is 33.6 Å². The molecule has 0 aromatic carbocycles. The Balaban J connectivity index is -0.000000394. The van der Waals surface area contributed by atoms with Crippen molar-refractivity contribution in [3.8, 4) is 0 Å². The minimum Gasteiger partial charge on any atom is -0.480 e. The molecule has 0 saturated carbocycles. The Labute approximate surface area is 179 Å². The van der Waals surface area contributed by atoms with E-state index in [1.54, 1.807) is 6.92 Å². The van der Waals surface area contributed by atoms with E-state index in [1.165, 1.54) is 0 Å². The first kappa shape index (κ1) is 32.6. The lowest BCUT2D eigenvalue weighted by molar-refractivity contribution is -0.140. The van der Waals surface area contributed by atoms with Crippen LogP contribution in [0.2, 0.25) is 0 Å². The molecule has 15 nitrogen and oxygen atoms in total. The molecule has 0 fully saturated rings. The van der Waals surface area contributed by atoms with Crippen LogP contribution in [-0.4, -0.2) is 88.1 Å². The summed E-state index contributed by atoms with van der Waals surface area (Å²) in [5.74, 6) is -3.44. The highest BCUT2D eigenvalue weighted by Gasteiger charge is 2.12. The normalized spacial score (nSPS) is 12.4. The number of hydrogen-bond acceptors (Lipinski definition) is 9. The van der Waals surface area contributed by atoms with Gasteiger partial charge in [0.25, 0.3) is 0 Å². The summed E-state index contributed by atoms with van der Waals surface area (Å²) in [6.07, 6.45) is 1.19. The zero-order valence-electron chi connectivity index (χ0n) is 17.3. The van der Waals surface area contributed by atoms with Gasteiger partial charge in [-0.1, -0.05) is 0 Å². The first-order valence-corrected chi connectivity index (χ1v) is 9.15. The maximum Gasteiger partial charge on any atom is 0.322 e. The number of rotatable bonds is 12. The summed E-state index contributed by atoms with van der Waals surface area (Å²) >= 11 is 0. The van der Waals surface area contributed by atoms with Crippen molar-refractivity contribution < 1.29 is 44.4 Å². The molecule has 0 rings (SSSR count). The SMILES string of the molecule is CCNC(=O)CCC(N)C(=O)O.NC(=O)NCCCC(N)C(=O)O.NC(CO)C(=O)O. The monoisotopic (exact) mass is 454 g/mol. The molecule has 14 N–H and O–H groups in total. The van der Waals surface area contributed by atoms with Crippen LogP contribution in [0.4, 0.5) is 4.79 Å². The fourth-order valence-electron chi connectivity index (χ4n) is 1.43. The van der Waals surface area contributed by atoms with Crippen molar-refractivity contribution in [1.29, 1.82) is 0 Å². The Hall–Kier alpha value is -3.01. The largest absolute Gasteiger partial charge is 0.480 e. The summed E-state index contributed by atoms with van der Waals surface area (Å²) < 4.78 is 0. The molecule has 3 amide bonds. The standard InChI is InChI=1S/C7H14N2O3.C6H13N3O3.C3H7NO3/c1-2-9-6(10)4-3-5(8)7(11)12;7-4(5(10)11)2-1-3-9-6(8)12;4-2(1-5)3(6)7/h5H,2-4,8H2,1H3,(H,9,10)(H,11,12);4H,1-3,7H2,(H,10,11)(H3,8,9,12);2,5H,1,4H2,(H,6,7). The first-order chi connectivity index (χ1) is 14.3. The van der Waals surface area contributed by atoms with Gasteiger partial charge in [-0.15, -0.1) is 0 Å². The number of aliphatic hydroxyl groups excluding tert-OH is 1. The molecule has 3 unspecified atom stereocenters. The Morgan fingerprint density at radius 1 is 0.806 bits per heavy atom. The third-order valence-electron chi connectivity index (χ3n) is 3.20. The smallest absolute Gasteiger partial charge is 0.322 e. The van der Waals surface area contributed by atoms with Gasteiger partial charge in [0.1, 0.15) is 18.1 Å². The molecule has 0 aliphatic carbocycles. The van der Waals surface area contributed by atoms with Crippen LogP contribution in [0.5, 0.6) is 0 Å². The summed E-state index contributed by atoms with van der Waals surface area (Å²) in [5.41, 5.74) is 19.9. The first-order valence-electron chi connectivity index (χ1n) is 9.15. The topological polar surface area (TPSA) is 294 Å². The van der Waals surface area contributed by atoms with Gasteiger partial charge in [-0.2, -0.15) is 0 Å². The number of carbonyl (C=O) groups is 5. The number of carbonyl (C=O) groups excluding carboxylic acids is 2. The average molecular weight is 454 g/mol. The second kappa shape index (κ2) is 20.3. The van der Waals surface area contributed by atoms with Crippen LogP contribution in [0, 0.1) is 0 Å². The number of aliphatic carboxylic acids is 3. The van der Waals surface area contributed by atoms with Gasteiger partial charge in [0, 0.05) is 19.5 Å². The van der Waals surface area contributed by atoms with Crippen LogP contribution in [0.1, 0.15) is 32.6 Å². The summed E-state index contributed by atoms with van der Waals surface area (Å²) in [5, 5.41) is 37.5. The lowest BCUT2D eigenvalue weighted by Gasteiger charge is -2.05. The van der Waals surface area contributed by atoms with Gasteiger partial charge < -0.3 is 54.0 Å². The second-order valence-corrected chi connectivity index (χ2v) is 5.94. The lowest BCUT2D eigenvalue weighted by Crippen LogP contribution is -2.33. The van der Waals surface area contributed by atoms with E-state index < -0.39 is 48.7 Å². The number of amides is 3. The van der Waals surface area contributed by atoms with E-state index in [0.29, 0.717) is 25.9 Å². The molecule has 0 spiro atoms. The van der Waals surface area contributed by atoms with Gasteiger partial charge in [0.2, 0.25) is 5.91 Å². The maximum absolute atomic E-state index is 10.8. The van der Waals surface area contributed by atoms with Crippen molar-refractivity contribution >= 4 is 29.8 Å². The molecule has 0 aliphatic rings. The van der Waals surface area contributed by atoms with Crippen molar-refractivity contribution in [3.05, 3.63) is 0 Å². The van der Waals surface area contributed by atoms with Gasteiger partial charge in [-0.3, -0.25) is 19.2 Å². The highest BCUT2D eigenvalue weighted by atomic mass is 16.4. The van der Waals surface area contributed by atoms with Gasteiger partial charge in [0.15, 0.2) is 0 Å². The zero-order valence-corrected chi connectivity index (χ0v) is 17.3. The fourth-order valence-corrected chi connectivity index (χ4v) is 1.43. The van der Waals surface area contributed by atoms with E-state index in [2.05, 4.69) is 10.6 Å². The van der Waals surface area contributed by atoms with Crippen molar-refractivity contribution in [3.63, 3.8) is 0 Å². The highest BCUT2D eigenvalue weighted by molar-refractivity contribution is 5.78. The highest BCUT2D eigenvalue weighted by Crippen LogP contribution is 1.94. The third kappa shape index (κ3) is 25.0. The molecule has 0 aromatic rings. The molecule has 31 heavy (non-hydrogen) atoms. The summed E-state index contributed by atoms with van der Waals surface area (Å²) in [6.45, 7) is 2.21. The Morgan fingerprint density at radius 2 is 1.26 bits per heavy atom. The predicted octanol–water partition coefficient (Wildman–Crippen LogP) is -3.45. The van der Waals surface area contributed by atoms with E-state index in [0.717, 1.165) is 0 Å². The van der Waals surface area contributed by atoms with Gasteiger partial charge >= 0.3 is 23.9 Å². The van der Waals surface area contributed by atoms with Crippen molar-refractivity contribution in [2.45, 2.75) is 50.7 Å². The third-order valence-corrected chi connectivity index (χ3v) is 3.20. The fraction of sp³-hybridized carbons (Fsp3) is 0.688. The zero-order chi connectivity index (χ0) is 25.0. The molecule has 182 valence electrons. The van der Waals surface area contributed by atoms with Crippen LogP contribution in [0.25, 0.3) is 0 Å². The number of primary amides is 1. The Morgan fingerprint density at radius 3 is 1.58 bits per heavy atom. The van der Waals surface area contributed by atoms with Crippen LogP contribution >= 0.6 is 0 Å². The predicted molar refractivity (Wildman–Crippen MR) is 109 cm³/mol. The van der Waals surface area contributed by atoms with Crippen LogP contribution in [0.3, 0.4) is 0 Å². The van der Waals surface area contributed by atoms with E-state index in [1.807, 2.05) is 0 Å².